The molecular formula is C10H16N2O4. The smallest absolute Gasteiger partial charge is 0.331 e. The number of carboxylic acid groups (broad SMARTS) is 1. The summed E-state index contributed by atoms with van der Waals surface area (Å²) in [6, 6.07) is -0.769. The molecule has 6 nitrogen and oxygen atoms in total. The first-order valence-electron chi connectivity index (χ1n) is 5.01. The number of nitrogens with one attached hydrogen (secondary N) is 1. The van der Waals surface area contributed by atoms with Crippen molar-refractivity contribution in [2.75, 3.05) is 13.2 Å². The molecule has 0 aliphatic carbocycles. The maximum absolute atomic E-state index is 11.6. The van der Waals surface area contributed by atoms with Crippen LogP contribution in [0.1, 0.15) is 12.8 Å². The molecule has 1 saturated heterocycles. The van der Waals surface area contributed by atoms with Crippen molar-refractivity contribution in [3.05, 3.63) is 12.7 Å². The highest BCUT2D eigenvalue weighted by molar-refractivity contribution is 5.89. The van der Waals surface area contributed by atoms with E-state index < -0.39 is 23.5 Å². The van der Waals surface area contributed by atoms with Gasteiger partial charge in [0.05, 0.1) is 12.6 Å². The number of carbonyl (C=O) groups excluding carboxylic acids is 1. The van der Waals surface area contributed by atoms with Crippen molar-refractivity contribution in [3.8, 4) is 0 Å². The Kier molecular flexibility index (Phi) is 4.03. The summed E-state index contributed by atoms with van der Waals surface area (Å²) < 4.78 is 5.01. The molecule has 4 N–H and O–H groups in total. The number of aliphatic carboxylic acids is 1. The summed E-state index contributed by atoms with van der Waals surface area (Å²) in [4.78, 5) is 22.7. The number of hydrogen-bond acceptors (Lipinski definition) is 4. The first-order valence-corrected chi connectivity index (χ1v) is 5.01. The predicted molar refractivity (Wildman–Crippen MR) is 56.7 cm³/mol. The van der Waals surface area contributed by atoms with E-state index in [0.29, 0.717) is 13.0 Å². The fraction of sp³-hybridized carbons (Fsp3) is 0.600. The molecular weight excluding hydrogens is 212 g/mol. The van der Waals surface area contributed by atoms with Gasteiger partial charge in [-0.2, -0.15) is 0 Å². The van der Waals surface area contributed by atoms with Gasteiger partial charge in [-0.3, -0.25) is 4.79 Å². The van der Waals surface area contributed by atoms with Gasteiger partial charge in [-0.25, -0.2) is 4.79 Å². The minimum Gasteiger partial charge on any atom is -0.479 e. The van der Waals surface area contributed by atoms with Crippen molar-refractivity contribution in [3.63, 3.8) is 0 Å². The number of ether oxygens (including phenoxy) is 1. The highest BCUT2D eigenvalue weighted by atomic mass is 16.5. The minimum absolute atomic E-state index is 0.0190. The zero-order valence-electron chi connectivity index (χ0n) is 8.94. The molecule has 1 aliphatic heterocycles. The number of amides is 1. The third-order valence-electron chi connectivity index (χ3n) is 2.55. The molecule has 1 rings (SSSR count). The van der Waals surface area contributed by atoms with Crippen LogP contribution < -0.4 is 11.1 Å². The molecule has 6 heteroatoms. The Morgan fingerprint density at radius 1 is 1.69 bits per heavy atom. The fourth-order valence-electron chi connectivity index (χ4n) is 1.50. The van der Waals surface area contributed by atoms with Crippen LogP contribution in [0.4, 0.5) is 0 Å². The summed E-state index contributed by atoms with van der Waals surface area (Å²) in [5.74, 6) is -1.59. The number of nitrogens with two attached hydrogens (primary N) is 1. The predicted octanol–water partition coefficient (Wildman–Crippen LogP) is -0.750. The summed E-state index contributed by atoms with van der Waals surface area (Å²) >= 11 is 0. The van der Waals surface area contributed by atoms with Gasteiger partial charge in [-0.05, 0) is 6.42 Å². The molecule has 1 heterocycles. The van der Waals surface area contributed by atoms with Gasteiger partial charge in [0.25, 0.3) is 0 Å². The third kappa shape index (κ3) is 2.59. The summed E-state index contributed by atoms with van der Waals surface area (Å²) in [7, 11) is 0. The van der Waals surface area contributed by atoms with Crippen LogP contribution in [0.15, 0.2) is 12.7 Å². The molecule has 90 valence electrons. The Morgan fingerprint density at radius 3 is 2.81 bits per heavy atom. The van der Waals surface area contributed by atoms with E-state index in [1.54, 1.807) is 0 Å². The van der Waals surface area contributed by atoms with Crippen molar-refractivity contribution in [1.82, 2.24) is 5.32 Å². The van der Waals surface area contributed by atoms with Crippen molar-refractivity contribution in [1.29, 1.82) is 0 Å². The summed E-state index contributed by atoms with van der Waals surface area (Å²) in [6.45, 7) is 3.77. The number of hydrogen-bond donors (Lipinski definition) is 3. The highest BCUT2D eigenvalue weighted by Gasteiger charge is 2.44. The molecule has 2 unspecified atom stereocenters. The van der Waals surface area contributed by atoms with E-state index >= 15 is 0 Å². The monoisotopic (exact) mass is 228 g/mol. The van der Waals surface area contributed by atoms with Gasteiger partial charge in [-0.15, -0.1) is 6.58 Å². The number of carboxylic acids is 1. The first kappa shape index (κ1) is 12.7. The Hall–Kier alpha value is -1.40. The van der Waals surface area contributed by atoms with Crippen molar-refractivity contribution in [2.24, 2.45) is 5.73 Å². The topological polar surface area (TPSA) is 102 Å². The lowest BCUT2D eigenvalue weighted by molar-refractivity contribution is -0.147. The largest absolute Gasteiger partial charge is 0.479 e. The van der Waals surface area contributed by atoms with Gasteiger partial charge < -0.3 is 20.9 Å². The Balaban J connectivity index is 2.66. The number of carbonyl (C=O) groups is 2. The Bertz CT molecular complexity index is 297. The molecule has 0 radical (unpaired) electrons. The zero-order chi connectivity index (χ0) is 12.2. The van der Waals surface area contributed by atoms with Crippen LogP contribution >= 0.6 is 0 Å². The van der Waals surface area contributed by atoms with Gasteiger partial charge in [0.1, 0.15) is 0 Å². The van der Waals surface area contributed by atoms with Gasteiger partial charge in [0.15, 0.2) is 5.54 Å². The molecule has 0 aromatic carbocycles. The van der Waals surface area contributed by atoms with Crippen molar-refractivity contribution >= 4 is 11.9 Å². The van der Waals surface area contributed by atoms with E-state index in [1.807, 2.05) is 0 Å². The second kappa shape index (κ2) is 5.09. The van der Waals surface area contributed by atoms with E-state index in [-0.39, 0.29) is 13.0 Å². The standard InChI is InChI=1S/C10H16N2O4/c1-2-3-7(11)8(13)12-10(9(14)15)4-5-16-6-10/h2,7H,1,3-6,11H2,(H,12,13)(H,14,15). The van der Waals surface area contributed by atoms with Crippen LogP contribution in [0.3, 0.4) is 0 Å². The minimum atomic E-state index is -1.32. The molecule has 0 aromatic rings. The maximum Gasteiger partial charge on any atom is 0.331 e. The first-order chi connectivity index (χ1) is 7.52. The average molecular weight is 228 g/mol. The normalized spacial score (nSPS) is 26.1. The SMILES string of the molecule is C=CCC(N)C(=O)NC1(C(=O)O)CCOC1. The zero-order valence-corrected chi connectivity index (χ0v) is 8.94. The lowest BCUT2D eigenvalue weighted by Crippen LogP contribution is -2.58. The van der Waals surface area contributed by atoms with Crippen LogP contribution in [0, 0.1) is 0 Å². The van der Waals surface area contributed by atoms with E-state index in [0.717, 1.165) is 0 Å². The van der Waals surface area contributed by atoms with E-state index in [1.165, 1.54) is 6.08 Å². The van der Waals surface area contributed by atoms with Crippen molar-refractivity contribution in [2.45, 2.75) is 24.4 Å². The highest BCUT2D eigenvalue weighted by Crippen LogP contribution is 2.19. The van der Waals surface area contributed by atoms with Crippen molar-refractivity contribution < 1.29 is 19.4 Å². The van der Waals surface area contributed by atoms with Gasteiger partial charge >= 0.3 is 5.97 Å². The lowest BCUT2D eigenvalue weighted by atomic mass is 9.98. The average Bonchev–Trinajstić information content (AvgIpc) is 2.68. The van der Waals surface area contributed by atoms with E-state index in [9.17, 15) is 9.59 Å². The Morgan fingerprint density at radius 2 is 2.38 bits per heavy atom. The van der Waals surface area contributed by atoms with Gasteiger partial charge in [0.2, 0.25) is 5.91 Å². The van der Waals surface area contributed by atoms with Crippen LogP contribution in [-0.2, 0) is 14.3 Å². The molecule has 1 aliphatic rings. The van der Waals surface area contributed by atoms with Crippen LogP contribution in [0.25, 0.3) is 0 Å². The van der Waals surface area contributed by atoms with E-state index in [4.69, 9.17) is 15.6 Å². The van der Waals surface area contributed by atoms with Gasteiger partial charge in [-0.1, -0.05) is 6.08 Å². The van der Waals surface area contributed by atoms with Crippen LogP contribution in [0.2, 0.25) is 0 Å². The maximum atomic E-state index is 11.6. The summed E-state index contributed by atoms with van der Waals surface area (Å²) in [5.41, 5.74) is 4.22. The van der Waals surface area contributed by atoms with Gasteiger partial charge in [0, 0.05) is 13.0 Å². The molecule has 1 fully saturated rings. The molecule has 0 bridgehead atoms. The quantitative estimate of drug-likeness (QED) is 0.537. The van der Waals surface area contributed by atoms with Crippen LogP contribution in [0.5, 0.6) is 0 Å². The molecule has 0 spiro atoms. The summed E-state index contributed by atoms with van der Waals surface area (Å²) in [6.07, 6.45) is 2.08. The fourth-order valence-corrected chi connectivity index (χ4v) is 1.50. The molecule has 16 heavy (non-hydrogen) atoms. The molecule has 0 aromatic heterocycles. The molecule has 1 amide bonds. The second-order valence-electron chi connectivity index (χ2n) is 3.81. The molecule has 2 atom stereocenters. The third-order valence-corrected chi connectivity index (χ3v) is 2.55. The molecule has 0 saturated carbocycles. The Labute approximate surface area is 93.4 Å². The summed E-state index contributed by atoms with van der Waals surface area (Å²) in [5, 5.41) is 11.5. The lowest BCUT2D eigenvalue weighted by Gasteiger charge is -2.25. The second-order valence-corrected chi connectivity index (χ2v) is 3.81. The van der Waals surface area contributed by atoms with Crippen LogP contribution in [-0.4, -0.2) is 41.8 Å². The number of rotatable bonds is 5. The van der Waals surface area contributed by atoms with E-state index in [2.05, 4.69) is 11.9 Å².